The second-order valence-electron chi connectivity index (χ2n) is 3.70. The molecule has 1 nitrogen and oxygen atoms in total. The average molecular weight is 196 g/mol. The number of hydrogen-bond acceptors (Lipinski definition) is 1. The lowest BCUT2D eigenvalue weighted by Crippen LogP contribution is -2.33. The largest absolute Gasteiger partial charge is 0.396 e. The molecular formula is C9H15F3O. The van der Waals surface area contributed by atoms with Crippen molar-refractivity contribution in [2.24, 2.45) is 11.8 Å². The number of rotatable bonds is 2. The summed E-state index contributed by atoms with van der Waals surface area (Å²) >= 11 is 0. The van der Waals surface area contributed by atoms with E-state index < -0.39 is 12.1 Å². The van der Waals surface area contributed by atoms with Crippen LogP contribution in [0, 0.1) is 11.8 Å². The Morgan fingerprint density at radius 1 is 1.15 bits per heavy atom. The quantitative estimate of drug-likeness (QED) is 0.720. The van der Waals surface area contributed by atoms with Gasteiger partial charge in [-0.3, -0.25) is 0 Å². The molecule has 0 aromatic carbocycles. The van der Waals surface area contributed by atoms with Gasteiger partial charge in [0, 0.05) is 6.61 Å². The number of hydrogen-bond donors (Lipinski definition) is 1. The van der Waals surface area contributed by atoms with Crippen LogP contribution in [0.3, 0.4) is 0 Å². The van der Waals surface area contributed by atoms with Crippen molar-refractivity contribution >= 4 is 0 Å². The van der Waals surface area contributed by atoms with Crippen LogP contribution in [0.25, 0.3) is 0 Å². The van der Waals surface area contributed by atoms with Crippen molar-refractivity contribution in [3.63, 3.8) is 0 Å². The first-order chi connectivity index (χ1) is 6.05. The zero-order chi connectivity index (χ0) is 9.90. The van der Waals surface area contributed by atoms with E-state index >= 15 is 0 Å². The molecule has 1 saturated carbocycles. The Morgan fingerprint density at radius 2 is 1.77 bits per heavy atom. The highest BCUT2D eigenvalue weighted by atomic mass is 19.4. The fraction of sp³-hybridized carbons (Fsp3) is 1.00. The third-order valence-corrected chi connectivity index (χ3v) is 2.83. The molecule has 0 aliphatic heterocycles. The summed E-state index contributed by atoms with van der Waals surface area (Å²) < 4.78 is 37.3. The predicted molar refractivity (Wildman–Crippen MR) is 43.2 cm³/mol. The summed E-state index contributed by atoms with van der Waals surface area (Å²) in [6.45, 7) is -0.128. The van der Waals surface area contributed by atoms with Gasteiger partial charge in [0.25, 0.3) is 0 Å². The minimum Gasteiger partial charge on any atom is -0.396 e. The Kier molecular flexibility index (Phi) is 3.59. The molecule has 2 atom stereocenters. The van der Waals surface area contributed by atoms with Crippen molar-refractivity contribution < 1.29 is 18.3 Å². The first-order valence-corrected chi connectivity index (χ1v) is 4.73. The second kappa shape index (κ2) is 4.31. The van der Waals surface area contributed by atoms with Gasteiger partial charge in [0.1, 0.15) is 0 Å². The molecule has 78 valence electrons. The van der Waals surface area contributed by atoms with Crippen molar-refractivity contribution in [1.82, 2.24) is 0 Å². The van der Waals surface area contributed by atoms with Crippen molar-refractivity contribution in [3.05, 3.63) is 0 Å². The molecule has 0 saturated heterocycles. The van der Waals surface area contributed by atoms with Crippen molar-refractivity contribution in [2.45, 2.75) is 38.3 Å². The Balaban J connectivity index is 2.56. The second-order valence-corrected chi connectivity index (χ2v) is 3.70. The first kappa shape index (κ1) is 10.8. The fourth-order valence-corrected chi connectivity index (χ4v) is 2.15. The van der Waals surface area contributed by atoms with Crippen LogP contribution in [0.2, 0.25) is 0 Å². The van der Waals surface area contributed by atoms with Gasteiger partial charge >= 0.3 is 6.18 Å². The maximum atomic E-state index is 12.4. The molecule has 0 aromatic rings. The van der Waals surface area contributed by atoms with Crippen molar-refractivity contribution in [1.29, 1.82) is 0 Å². The predicted octanol–water partition coefficient (Wildman–Crippen LogP) is 2.74. The number of halogens is 3. The van der Waals surface area contributed by atoms with Crippen LogP contribution in [0.15, 0.2) is 0 Å². The monoisotopic (exact) mass is 196 g/mol. The van der Waals surface area contributed by atoms with Gasteiger partial charge in [0.2, 0.25) is 0 Å². The van der Waals surface area contributed by atoms with E-state index in [-0.39, 0.29) is 18.9 Å². The van der Waals surface area contributed by atoms with Crippen LogP contribution < -0.4 is 0 Å². The topological polar surface area (TPSA) is 20.2 Å². The van der Waals surface area contributed by atoms with Gasteiger partial charge in [-0.1, -0.05) is 12.8 Å². The van der Waals surface area contributed by atoms with E-state index in [9.17, 15) is 13.2 Å². The van der Waals surface area contributed by atoms with Gasteiger partial charge in [0.15, 0.2) is 0 Å². The van der Waals surface area contributed by atoms with Crippen LogP contribution in [0.5, 0.6) is 0 Å². The molecule has 0 bridgehead atoms. The molecule has 0 aromatic heterocycles. The van der Waals surface area contributed by atoms with E-state index in [1.165, 1.54) is 0 Å². The van der Waals surface area contributed by atoms with Gasteiger partial charge in [0.05, 0.1) is 5.92 Å². The summed E-state index contributed by atoms with van der Waals surface area (Å²) in [4.78, 5) is 0. The summed E-state index contributed by atoms with van der Waals surface area (Å²) in [5.41, 5.74) is 0. The zero-order valence-electron chi connectivity index (χ0n) is 7.48. The Morgan fingerprint density at radius 3 is 2.31 bits per heavy atom. The summed E-state index contributed by atoms with van der Waals surface area (Å²) in [6, 6.07) is 0. The molecule has 0 heterocycles. The van der Waals surface area contributed by atoms with E-state index in [1.807, 2.05) is 0 Å². The van der Waals surface area contributed by atoms with Gasteiger partial charge in [-0.2, -0.15) is 13.2 Å². The van der Waals surface area contributed by atoms with E-state index in [0.29, 0.717) is 19.3 Å². The van der Waals surface area contributed by atoms with Crippen LogP contribution in [0.1, 0.15) is 32.1 Å². The molecule has 1 rings (SSSR count). The van der Waals surface area contributed by atoms with Gasteiger partial charge in [-0.05, 0) is 25.2 Å². The standard InChI is InChI=1S/C9H15F3O/c10-9(11,12)8-4-2-1-3-7(8)5-6-13/h7-8,13H,1-6H2/t7-,8+/m1/s1. The highest BCUT2D eigenvalue weighted by Crippen LogP contribution is 2.42. The van der Waals surface area contributed by atoms with Crippen LogP contribution in [-0.4, -0.2) is 17.9 Å². The van der Waals surface area contributed by atoms with E-state index in [0.717, 1.165) is 6.42 Å². The van der Waals surface area contributed by atoms with Gasteiger partial charge in [-0.15, -0.1) is 0 Å². The molecule has 1 aliphatic carbocycles. The lowest BCUT2D eigenvalue weighted by molar-refractivity contribution is -0.197. The molecule has 0 amide bonds. The van der Waals surface area contributed by atoms with E-state index in [2.05, 4.69) is 0 Å². The molecular weight excluding hydrogens is 181 g/mol. The summed E-state index contributed by atoms with van der Waals surface area (Å²) in [6.07, 6.45) is -1.37. The summed E-state index contributed by atoms with van der Waals surface area (Å²) in [5, 5.41) is 8.63. The van der Waals surface area contributed by atoms with Gasteiger partial charge < -0.3 is 5.11 Å². The lowest BCUT2D eigenvalue weighted by Gasteiger charge is -2.32. The minimum absolute atomic E-state index is 0.128. The highest BCUT2D eigenvalue weighted by molar-refractivity contribution is 4.80. The molecule has 1 aliphatic rings. The fourth-order valence-electron chi connectivity index (χ4n) is 2.15. The molecule has 13 heavy (non-hydrogen) atoms. The summed E-state index contributed by atoms with van der Waals surface area (Å²) in [7, 11) is 0. The maximum Gasteiger partial charge on any atom is 0.392 e. The molecule has 0 unspecified atom stereocenters. The van der Waals surface area contributed by atoms with Crippen molar-refractivity contribution in [2.75, 3.05) is 6.61 Å². The highest BCUT2D eigenvalue weighted by Gasteiger charge is 2.44. The minimum atomic E-state index is -4.07. The average Bonchev–Trinajstić information content (AvgIpc) is 2.04. The van der Waals surface area contributed by atoms with E-state index in [1.54, 1.807) is 0 Å². The van der Waals surface area contributed by atoms with Crippen LogP contribution in [-0.2, 0) is 0 Å². The zero-order valence-corrected chi connectivity index (χ0v) is 7.48. The third-order valence-electron chi connectivity index (χ3n) is 2.83. The van der Waals surface area contributed by atoms with Gasteiger partial charge in [-0.25, -0.2) is 0 Å². The molecule has 1 N–H and O–H groups in total. The molecule has 0 spiro atoms. The summed E-state index contributed by atoms with van der Waals surface area (Å²) in [5.74, 6) is -1.52. The van der Waals surface area contributed by atoms with Crippen molar-refractivity contribution in [3.8, 4) is 0 Å². The Bertz CT molecular complexity index is 153. The Labute approximate surface area is 75.9 Å². The van der Waals surface area contributed by atoms with E-state index in [4.69, 9.17) is 5.11 Å². The lowest BCUT2D eigenvalue weighted by atomic mass is 9.77. The maximum absolute atomic E-state index is 12.4. The smallest absolute Gasteiger partial charge is 0.392 e. The normalized spacial score (nSPS) is 30.5. The van der Waals surface area contributed by atoms with Crippen LogP contribution in [0.4, 0.5) is 13.2 Å². The Hall–Kier alpha value is -0.250. The number of alkyl halides is 3. The number of aliphatic hydroxyl groups is 1. The molecule has 4 heteroatoms. The molecule has 1 fully saturated rings. The molecule has 0 radical (unpaired) electrons. The number of aliphatic hydroxyl groups excluding tert-OH is 1. The van der Waals surface area contributed by atoms with Crippen LogP contribution >= 0.6 is 0 Å². The SMILES string of the molecule is OCC[C@H]1CCCC[C@@H]1C(F)(F)F. The first-order valence-electron chi connectivity index (χ1n) is 4.73. The third kappa shape index (κ3) is 2.86.